The summed E-state index contributed by atoms with van der Waals surface area (Å²) in [5.41, 5.74) is 8.68. The Labute approximate surface area is 200 Å². The van der Waals surface area contributed by atoms with Crippen LogP contribution in [0, 0.1) is 6.92 Å². The Hall–Kier alpha value is -3.23. The fourth-order valence-corrected chi connectivity index (χ4v) is 5.88. The molecule has 1 fully saturated rings. The van der Waals surface area contributed by atoms with Crippen molar-refractivity contribution in [3.63, 3.8) is 0 Å². The van der Waals surface area contributed by atoms with Gasteiger partial charge in [0.05, 0.1) is 11.2 Å². The summed E-state index contributed by atoms with van der Waals surface area (Å²) >= 11 is 3.94. The standard InChI is InChI=1S/C19H18N6O5S3/c1-8-11(33-7-21-8)4-3-9-5-31-17-13(16(27)25(17)14(9)18(28)29)23-15(26)12(24-30-2)10-6-32-19(20)22-10/h3-4,6-7,13,17H,5H2,1-2H3,(H2,20,22)(H,23,26)(H,28,29)/b4-3-,24-12+/t13-,17-/m1/s1. The second-order valence-corrected chi connectivity index (χ2v) is 9.75. The Morgan fingerprint density at radius 1 is 1.39 bits per heavy atom. The minimum absolute atomic E-state index is 0.0919. The van der Waals surface area contributed by atoms with Gasteiger partial charge < -0.3 is 21.0 Å². The van der Waals surface area contributed by atoms with E-state index in [-0.39, 0.29) is 22.2 Å². The number of carbonyl (C=O) groups is 3. The molecule has 33 heavy (non-hydrogen) atoms. The van der Waals surface area contributed by atoms with Crippen LogP contribution >= 0.6 is 34.4 Å². The lowest BCUT2D eigenvalue weighted by atomic mass is 10.0. The summed E-state index contributed by atoms with van der Waals surface area (Å²) in [6.45, 7) is 1.86. The molecule has 0 bridgehead atoms. The van der Waals surface area contributed by atoms with Crippen molar-refractivity contribution < 1.29 is 24.3 Å². The lowest BCUT2D eigenvalue weighted by molar-refractivity contribution is -0.150. The van der Waals surface area contributed by atoms with E-state index >= 15 is 0 Å². The zero-order valence-electron chi connectivity index (χ0n) is 17.3. The second kappa shape index (κ2) is 9.33. The van der Waals surface area contributed by atoms with Gasteiger partial charge >= 0.3 is 5.97 Å². The van der Waals surface area contributed by atoms with E-state index in [2.05, 4.69) is 20.4 Å². The number of aromatic nitrogens is 2. The number of thiazole rings is 2. The van der Waals surface area contributed by atoms with Gasteiger partial charge in [-0.25, -0.2) is 14.8 Å². The van der Waals surface area contributed by atoms with Crippen LogP contribution in [0.1, 0.15) is 16.3 Å². The van der Waals surface area contributed by atoms with Crippen molar-refractivity contribution in [3.05, 3.63) is 44.5 Å². The summed E-state index contributed by atoms with van der Waals surface area (Å²) in [6, 6.07) is -0.913. The molecule has 172 valence electrons. The van der Waals surface area contributed by atoms with E-state index < -0.39 is 29.2 Å². The van der Waals surface area contributed by atoms with E-state index in [9.17, 15) is 19.5 Å². The number of amides is 2. The van der Waals surface area contributed by atoms with Gasteiger partial charge in [-0.3, -0.25) is 14.5 Å². The molecular weight excluding hydrogens is 488 g/mol. The van der Waals surface area contributed by atoms with Gasteiger partial charge in [0.15, 0.2) is 10.8 Å². The van der Waals surface area contributed by atoms with Crippen LogP contribution in [-0.2, 0) is 19.2 Å². The second-order valence-electron chi connectivity index (χ2n) is 6.87. The van der Waals surface area contributed by atoms with Gasteiger partial charge in [-0.1, -0.05) is 11.2 Å². The Morgan fingerprint density at radius 3 is 2.79 bits per heavy atom. The third kappa shape index (κ3) is 4.36. The zero-order valence-corrected chi connectivity index (χ0v) is 19.8. The number of nitrogen functional groups attached to an aromatic ring is 1. The van der Waals surface area contributed by atoms with Gasteiger partial charge in [-0.05, 0) is 18.6 Å². The number of allylic oxidation sites excluding steroid dienone is 1. The molecule has 11 nitrogen and oxygen atoms in total. The molecule has 4 rings (SSSR count). The van der Waals surface area contributed by atoms with Gasteiger partial charge in [0.2, 0.25) is 0 Å². The Bertz CT molecular complexity index is 1220. The third-order valence-corrected chi connectivity index (χ3v) is 7.74. The maximum absolute atomic E-state index is 12.9. The number of aliphatic carboxylic acids is 1. The molecular formula is C19H18N6O5S3. The number of nitrogens with zero attached hydrogens (tertiary/aromatic N) is 4. The van der Waals surface area contributed by atoms with Crippen molar-refractivity contribution in [2.24, 2.45) is 5.16 Å². The Balaban J connectivity index is 1.54. The van der Waals surface area contributed by atoms with E-state index in [1.54, 1.807) is 23.0 Å². The van der Waals surface area contributed by atoms with Crippen LogP contribution in [0.5, 0.6) is 0 Å². The van der Waals surface area contributed by atoms with Gasteiger partial charge in [0.1, 0.15) is 29.9 Å². The number of hydrogen-bond donors (Lipinski definition) is 3. The lowest BCUT2D eigenvalue weighted by Crippen LogP contribution is -2.71. The maximum Gasteiger partial charge on any atom is 0.352 e. The molecule has 2 amide bonds. The van der Waals surface area contributed by atoms with E-state index in [1.165, 1.54) is 35.1 Å². The quantitative estimate of drug-likeness (QED) is 0.286. The number of anilines is 1. The van der Waals surface area contributed by atoms with Crippen molar-refractivity contribution in [2.45, 2.75) is 18.3 Å². The minimum atomic E-state index is -1.21. The normalized spacial score (nSPS) is 20.6. The number of carboxylic acids is 1. The number of carbonyl (C=O) groups excluding carboxylic acids is 2. The molecule has 4 N–H and O–H groups in total. The highest BCUT2D eigenvalue weighted by Crippen LogP contribution is 2.41. The Morgan fingerprint density at radius 2 is 2.18 bits per heavy atom. The van der Waals surface area contributed by atoms with E-state index in [0.717, 1.165) is 21.9 Å². The van der Waals surface area contributed by atoms with Crippen molar-refractivity contribution in [1.82, 2.24) is 20.2 Å². The highest BCUT2D eigenvalue weighted by Gasteiger charge is 2.54. The number of β-lactam (4-membered cyclic amide) rings is 1. The highest BCUT2D eigenvalue weighted by atomic mass is 32.2. The summed E-state index contributed by atoms with van der Waals surface area (Å²) in [4.78, 5) is 52.7. The van der Waals surface area contributed by atoms with Crippen LogP contribution in [0.15, 0.2) is 33.4 Å². The van der Waals surface area contributed by atoms with Gasteiger partial charge in [0, 0.05) is 16.0 Å². The fourth-order valence-electron chi connectivity index (χ4n) is 3.32. The predicted octanol–water partition coefficient (Wildman–Crippen LogP) is 1.29. The first-order valence-corrected chi connectivity index (χ1v) is 12.2. The number of nitrogens with one attached hydrogen (secondary N) is 1. The van der Waals surface area contributed by atoms with Gasteiger partial charge in [0.25, 0.3) is 11.8 Å². The monoisotopic (exact) mass is 506 g/mol. The number of carboxylic acid groups (broad SMARTS) is 1. The summed E-state index contributed by atoms with van der Waals surface area (Å²) in [5, 5.41) is 17.4. The predicted molar refractivity (Wildman–Crippen MR) is 126 cm³/mol. The number of fused-ring (bicyclic) bond motifs is 1. The molecule has 2 aliphatic rings. The fraction of sp³-hybridized carbons (Fsp3) is 0.263. The maximum atomic E-state index is 12.9. The SMILES string of the molecule is CO/N=C(/C(=O)N[C@@H]1C(=O)N2C(C(=O)O)=C(/C=C\c3scnc3C)CS[C@H]12)c1csc(N)n1. The number of thioether (sulfide) groups is 1. The smallest absolute Gasteiger partial charge is 0.352 e. The lowest BCUT2D eigenvalue weighted by Gasteiger charge is -2.49. The summed E-state index contributed by atoms with van der Waals surface area (Å²) in [6.07, 6.45) is 3.49. The average Bonchev–Trinajstić information content (AvgIpc) is 3.40. The number of nitrogens with two attached hydrogens (primary N) is 1. The average molecular weight is 507 g/mol. The molecule has 2 aromatic rings. The van der Waals surface area contributed by atoms with Crippen LogP contribution in [0.25, 0.3) is 6.08 Å². The van der Waals surface area contributed by atoms with E-state index in [0.29, 0.717) is 11.3 Å². The Kier molecular flexibility index (Phi) is 6.49. The van der Waals surface area contributed by atoms with Crippen LogP contribution in [-0.4, -0.2) is 67.7 Å². The first-order valence-electron chi connectivity index (χ1n) is 9.44. The summed E-state index contributed by atoms with van der Waals surface area (Å²) in [5.74, 6) is -2.04. The van der Waals surface area contributed by atoms with Crippen LogP contribution in [0.3, 0.4) is 0 Å². The van der Waals surface area contributed by atoms with Crippen molar-refractivity contribution in [3.8, 4) is 0 Å². The molecule has 4 heterocycles. The molecule has 0 spiro atoms. The molecule has 2 atom stereocenters. The summed E-state index contributed by atoms with van der Waals surface area (Å²) in [7, 11) is 1.28. The first-order chi connectivity index (χ1) is 15.8. The molecule has 0 aromatic carbocycles. The van der Waals surface area contributed by atoms with Crippen LogP contribution < -0.4 is 11.1 Å². The molecule has 0 radical (unpaired) electrons. The molecule has 0 aliphatic carbocycles. The van der Waals surface area contributed by atoms with Gasteiger partial charge in [-0.2, -0.15) is 0 Å². The molecule has 2 aromatic heterocycles. The first kappa shape index (κ1) is 22.9. The molecule has 14 heteroatoms. The third-order valence-electron chi connectivity index (χ3n) is 4.87. The van der Waals surface area contributed by atoms with Gasteiger partial charge in [-0.15, -0.1) is 34.4 Å². The van der Waals surface area contributed by atoms with Crippen molar-refractivity contribution in [2.75, 3.05) is 18.6 Å². The van der Waals surface area contributed by atoms with Crippen LogP contribution in [0.2, 0.25) is 0 Å². The molecule has 2 aliphatic heterocycles. The summed E-state index contributed by atoms with van der Waals surface area (Å²) < 4.78 is 0. The van der Waals surface area contributed by atoms with Crippen LogP contribution in [0.4, 0.5) is 5.13 Å². The molecule has 0 saturated carbocycles. The number of aryl methyl sites for hydroxylation is 1. The minimum Gasteiger partial charge on any atom is -0.477 e. The van der Waals surface area contributed by atoms with E-state index in [4.69, 9.17) is 10.6 Å². The van der Waals surface area contributed by atoms with Crippen molar-refractivity contribution >= 4 is 69.1 Å². The number of hydrogen-bond acceptors (Lipinski definition) is 11. The van der Waals surface area contributed by atoms with E-state index in [1.807, 2.05) is 6.92 Å². The highest BCUT2D eigenvalue weighted by molar-refractivity contribution is 8.00. The topological polar surface area (TPSA) is 160 Å². The zero-order chi connectivity index (χ0) is 23.7. The number of rotatable bonds is 7. The molecule has 1 saturated heterocycles. The largest absolute Gasteiger partial charge is 0.477 e. The number of oxime groups is 1. The molecule has 0 unspecified atom stereocenters. The van der Waals surface area contributed by atoms with Crippen molar-refractivity contribution in [1.29, 1.82) is 0 Å².